The molecule has 0 saturated carbocycles. The van der Waals surface area contributed by atoms with Crippen LogP contribution in [-0.2, 0) is 14.8 Å². The molecule has 1 aromatic carbocycles. The summed E-state index contributed by atoms with van der Waals surface area (Å²) in [5, 5.41) is 3.18. The van der Waals surface area contributed by atoms with E-state index in [1.165, 1.54) is 4.31 Å². The second kappa shape index (κ2) is 4.96. The molecule has 2 aliphatic rings. The lowest BCUT2D eigenvalue weighted by Gasteiger charge is -2.23. The van der Waals surface area contributed by atoms with Gasteiger partial charge in [-0.2, -0.15) is 4.31 Å². The third kappa shape index (κ3) is 2.28. The number of aryl methyl sites for hydroxylation is 1. The molecule has 112 valence electrons. The Morgan fingerprint density at radius 3 is 2.52 bits per heavy atom. The lowest BCUT2D eigenvalue weighted by molar-refractivity contribution is -0.115. The largest absolute Gasteiger partial charge is 0.386 e. The lowest BCUT2D eigenvalue weighted by atomic mass is 10.0. The average molecular weight is 306 g/mol. The Morgan fingerprint density at radius 2 is 1.90 bits per heavy atom. The normalized spacial score (nSPS) is 23.1. The number of hydrogen-bond donors (Lipinski definition) is 1. The van der Waals surface area contributed by atoms with Crippen LogP contribution in [0.1, 0.15) is 18.9 Å². The lowest BCUT2D eigenvalue weighted by Crippen LogP contribution is -2.38. The summed E-state index contributed by atoms with van der Waals surface area (Å²) in [4.78, 5) is 12.2. The second-order valence-corrected chi connectivity index (χ2v) is 7.42. The van der Waals surface area contributed by atoms with Gasteiger partial charge in [0.15, 0.2) is 5.78 Å². The summed E-state index contributed by atoms with van der Waals surface area (Å²) in [7, 11) is -3.59. The van der Waals surface area contributed by atoms with Gasteiger partial charge in [0.1, 0.15) is 0 Å². The van der Waals surface area contributed by atoms with Crippen molar-refractivity contribution in [3.8, 4) is 0 Å². The van der Waals surface area contributed by atoms with Crippen molar-refractivity contribution >= 4 is 15.8 Å². The van der Waals surface area contributed by atoms with E-state index in [9.17, 15) is 13.2 Å². The van der Waals surface area contributed by atoms with Gasteiger partial charge in [-0.05, 0) is 26.0 Å². The van der Waals surface area contributed by atoms with E-state index in [1.807, 2.05) is 13.8 Å². The molecule has 2 aliphatic heterocycles. The van der Waals surface area contributed by atoms with Crippen molar-refractivity contribution in [2.24, 2.45) is 0 Å². The summed E-state index contributed by atoms with van der Waals surface area (Å²) in [5.74, 6) is 0.0530. The SMILES string of the molecule is Cc1ccc(S(=O)(=O)N2CC3=C(NCCC3=O)[C@@H]2C)cc1. The Bertz CT molecular complexity index is 720. The average Bonchev–Trinajstić information content (AvgIpc) is 2.79. The molecule has 5 nitrogen and oxygen atoms in total. The van der Waals surface area contributed by atoms with Crippen LogP contribution in [0.5, 0.6) is 0 Å². The van der Waals surface area contributed by atoms with Crippen LogP contribution in [0.15, 0.2) is 40.4 Å². The fraction of sp³-hybridized carbons (Fsp3) is 0.400. The number of sulfonamides is 1. The maximum absolute atomic E-state index is 12.8. The van der Waals surface area contributed by atoms with Crippen molar-refractivity contribution < 1.29 is 13.2 Å². The number of benzene rings is 1. The van der Waals surface area contributed by atoms with Gasteiger partial charge in [0, 0.05) is 30.8 Å². The van der Waals surface area contributed by atoms with Crippen molar-refractivity contribution in [1.29, 1.82) is 0 Å². The zero-order valence-electron chi connectivity index (χ0n) is 12.1. The summed E-state index contributed by atoms with van der Waals surface area (Å²) >= 11 is 0. The number of carbonyl (C=O) groups excluding carboxylic acids is 1. The van der Waals surface area contributed by atoms with Gasteiger partial charge < -0.3 is 5.32 Å². The number of rotatable bonds is 2. The van der Waals surface area contributed by atoms with Gasteiger partial charge in [-0.25, -0.2) is 8.42 Å². The number of hydrogen-bond acceptors (Lipinski definition) is 4. The highest BCUT2D eigenvalue weighted by molar-refractivity contribution is 7.89. The van der Waals surface area contributed by atoms with Crippen LogP contribution in [0.4, 0.5) is 0 Å². The predicted octanol–water partition coefficient (Wildman–Crippen LogP) is 1.20. The summed E-state index contributed by atoms with van der Waals surface area (Å²) in [6.07, 6.45) is 0.434. The minimum absolute atomic E-state index is 0.0530. The summed E-state index contributed by atoms with van der Waals surface area (Å²) < 4.78 is 26.9. The van der Waals surface area contributed by atoms with E-state index in [0.29, 0.717) is 18.5 Å². The number of nitrogens with zero attached hydrogens (tertiary/aromatic N) is 1. The maximum Gasteiger partial charge on any atom is 0.243 e. The van der Waals surface area contributed by atoms with E-state index in [-0.39, 0.29) is 23.3 Å². The van der Waals surface area contributed by atoms with Gasteiger partial charge in [-0.1, -0.05) is 17.7 Å². The summed E-state index contributed by atoms with van der Waals surface area (Å²) in [5.41, 5.74) is 2.39. The van der Waals surface area contributed by atoms with Gasteiger partial charge in [-0.3, -0.25) is 4.79 Å². The molecule has 0 radical (unpaired) electrons. The molecular formula is C15H18N2O3S. The van der Waals surface area contributed by atoms with Gasteiger partial charge >= 0.3 is 0 Å². The minimum Gasteiger partial charge on any atom is -0.386 e. The smallest absolute Gasteiger partial charge is 0.243 e. The molecule has 0 amide bonds. The Labute approximate surface area is 124 Å². The van der Waals surface area contributed by atoms with Crippen LogP contribution < -0.4 is 5.32 Å². The van der Waals surface area contributed by atoms with Crippen molar-refractivity contribution in [3.63, 3.8) is 0 Å². The first kappa shape index (κ1) is 14.3. The quantitative estimate of drug-likeness (QED) is 0.892. The zero-order chi connectivity index (χ0) is 15.2. The fourth-order valence-electron chi connectivity index (χ4n) is 2.87. The van der Waals surface area contributed by atoms with Crippen LogP contribution in [0.2, 0.25) is 0 Å². The molecule has 1 N–H and O–H groups in total. The van der Waals surface area contributed by atoms with E-state index in [4.69, 9.17) is 0 Å². The summed E-state index contributed by atoms with van der Waals surface area (Å²) in [6.45, 7) is 4.48. The molecule has 0 fully saturated rings. The van der Waals surface area contributed by atoms with Gasteiger partial charge in [0.25, 0.3) is 0 Å². The first-order chi connectivity index (χ1) is 9.91. The molecule has 0 aliphatic carbocycles. The molecule has 0 saturated heterocycles. The van der Waals surface area contributed by atoms with Crippen LogP contribution in [0.3, 0.4) is 0 Å². The second-order valence-electron chi connectivity index (χ2n) is 5.53. The zero-order valence-corrected chi connectivity index (χ0v) is 12.9. The highest BCUT2D eigenvalue weighted by atomic mass is 32.2. The van der Waals surface area contributed by atoms with E-state index >= 15 is 0 Å². The van der Waals surface area contributed by atoms with E-state index in [2.05, 4.69) is 5.32 Å². The number of nitrogens with one attached hydrogen (secondary N) is 1. The van der Waals surface area contributed by atoms with Gasteiger partial charge in [0.2, 0.25) is 10.0 Å². The van der Waals surface area contributed by atoms with Crippen molar-refractivity contribution in [2.45, 2.75) is 31.2 Å². The molecule has 1 atom stereocenters. The number of Topliss-reactive ketones (excluding diaryl/α,β-unsaturated/α-hetero) is 1. The van der Waals surface area contributed by atoms with E-state index in [1.54, 1.807) is 24.3 Å². The monoisotopic (exact) mass is 306 g/mol. The highest BCUT2D eigenvalue weighted by Gasteiger charge is 2.41. The highest BCUT2D eigenvalue weighted by Crippen LogP contribution is 2.31. The third-order valence-electron chi connectivity index (χ3n) is 4.12. The van der Waals surface area contributed by atoms with E-state index in [0.717, 1.165) is 11.3 Å². The Kier molecular flexibility index (Phi) is 3.37. The molecule has 21 heavy (non-hydrogen) atoms. The molecule has 0 spiro atoms. The van der Waals surface area contributed by atoms with Crippen molar-refractivity contribution in [3.05, 3.63) is 41.1 Å². The van der Waals surface area contributed by atoms with Gasteiger partial charge in [-0.15, -0.1) is 0 Å². The van der Waals surface area contributed by atoms with Gasteiger partial charge in [0.05, 0.1) is 10.9 Å². The molecule has 2 heterocycles. The molecule has 0 bridgehead atoms. The van der Waals surface area contributed by atoms with Crippen LogP contribution in [-0.4, -0.2) is 37.6 Å². The maximum atomic E-state index is 12.8. The predicted molar refractivity (Wildman–Crippen MR) is 79.2 cm³/mol. The molecule has 1 aromatic rings. The number of ketones is 1. The first-order valence-corrected chi connectivity index (χ1v) is 8.44. The van der Waals surface area contributed by atoms with Crippen molar-refractivity contribution in [1.82, 2.24) is 9.62 Å². The number of carbonyl (C=O) groups is 1. The first-order valence-electron chi connectivity index (χ1n) is 7.00. The molecule has 0 unspecified atom stereocenters. The Balaban J connectivity index is 1.95. The minimum atomic E-state index is -3.59. The van der Waals surface area contributed by atoms with Crippen molar-refractivity contribution in [2.75, 3.05) is 13.1 Å². The molecular weight excluding hydrogens is 288 g/mol. The Morgan fingerprint density at radius 1 is 1.24 bits per heavy atom. The fourth-order valence-corrected chi connectivity index (χ4v) is 4.44. The summed E-state index contributed by atoms with van der Waals surface area (Å²) in [6, 6.07) is 6.47. The Hall–Kier alpha value is -1.66. The molecule has 0 aromatic heterocycles. The topological polar surface area (TPSA) is 66.5 Å². The van der Waals surface area contributed by atoms with Crippen LogP contribution in [0.25, 0.3) is 0 Å². The standard InChI is InChI=1S/C15H18N2O3S/c1-10-3-5-12(6-4-10)21(19,20)17-9-13-14(18)7-8-16-15(13)11(17)2/h3-6,11,16H,7-9H2,1-2H3/t11-/m0/s1. The molecule has 3 rings (SSSR count). The molecule has 6 heteroatoms. The third-order valence-corrected chi connectivity index (χ3v) is 6.05. The van der Waals surface area contributed by atoms with E-state index < -0.39 is 10.0 Å². The van der Waals surface area contributed by atoms with Crippen LogP contribution >= 0.6 is 0 Å². The van der Waals surface area contributed by atoms with Crippen LogP contribution in [0, 0.1) is 6.92 Å².